The Morgan fingerprint density at radius 2 is 2.03 bits per heavy atom. The van der Waals surface area contributed by atoms with Gasteiger partial charge in [-0.3, -0.25) is 9.59 Å². The van der Waals surface area contributed by atoms with Crippen LogP contribution in [0.4, 0.5) is 10.1 Å². The SMILES string of the molecule is O=C1COc2ccc(C(=O)N3CCC(COc4cc(F)ccc4Cl)CC3)cc2N1. The standard InChI is InChI=1S/C21H20ClFN2O4/c22-16-3-2-15(23)10-19(16)28-11-13-5-7-25(8-6-13)21(27)14-1-4-18-17(9-14)24-20(26)12-29-18/h1-4,9-10,13H,5-8,11-12H2,(H,24,26). The first-order chi connectivity index (χ1) is 14.0. The molecule has 0 spiro atoms. The van der Waals surface area contributed by atoms with Crippen molar-refractivity contribution in [2.75, 3.05) is 31.6 Å². The van der Waals surface area contributed by atoms with E-state index in [2.05, 4.69) is 5.32 Å². The molecule has 0 unspecified atom stereocenters. The van der Waals surface area contributed by atoms with Gasteiger partial charge in [0.05, 0.1) is 17.3 Å². The highest BCUT2D eigenvalue weighted by Gasteiger charge is 2.26. The summed E-state index contributed by atoms with van der Waals surface area (Å²) in [5.41, 5.74) is 1.03. The Kier molecular flexibility index (Phi) is 5.58. The van der Waals surface area contributed by atoms with Crippen LogP contribution in [-0.4, -0.2) is 43.0 Å². The van der Waals surface area contributed by atoms with Gasteiger partial charge < -0.3 is 19.7 Å². The van der Waals surface area contributed by atoms with Crippen molar-refractivity contribution in [1.29, 1.82) is 0 Å². The number of anilines is 1. The number of amides is 2. The molecular weight excluding hydrogens is 399 g/mol. The van der Waals surface area contributed by atoms with Gasteiger partial charge in [-0.1, -0.05) is 11.6 Å². The van der Waals surface area contributed by atoms with Gasteiger partial charge in [0.25, 0.3) is 11.8 Å². The summed E-state index contributed by atoms with van der Waals surface area (Å²) in [6, 6.07) is 9.09. The molecule has 0 radical (unpaired) electrons. The van der Waals surface area contributed by atoms with Gasteiger partial charge in [-0.2, -0.15) is 0 Å². The smallest absolute Gasteiger partial charge is 0.262 e. The number of hydrogen-bond acceptors (Lipinski definition) is 4. The van der Waals surface area contributed by atoms with E-state index in [0.717, 1.165) is 12.8 Å². The lowest BCUT2D eigenvalue weighted by Crippen LogP contribution is -2.39. The van der Waals surface area contributed by atoms with E-state index in [0.29, 0.717) is 47.5 Å². The van der Waals surface area contributed by atoms with Crippen LogP contribution in [0.1, 0.15) is 23.2 Å². The zero-order chi connectivity index (χ0) is 20.4. The number of ether oxygens (including phenoxy) is 2. The van der Waals surface area contributed by atoms with Crippen LogP contribution in [-0.2, 0) is 4.79 Å². The molecule has 2 aromatic carbocycles. The fraction of sp³-hybridized carbons (Fsp3) is 0.333. The highest BCUT2D eigenvalue weighted by Crippen LogP contribution is 2.30. The molecule has 2 aromatic rings. The van der Waals surface area contributed by atoms with E-state index in [1.807, 2.05) is 0 Å². The Labute approximate surface area is 172 Å². The maximum atomic E-state index is 13.3. The number of carbonyl (C=O) groups is 2. The van der Waals surface area contributed by atoms with Gasteiger partial charge in [0.1, 0.15) is 17.3 Å². The predicted octanol–water partition coefficient (Wildman–Crippen LogP) is 3.74. The summed E-state index contributed by atoms with van der Waals surface area (Å²) in [4.78, 5) is 26.1. The minimum absolute atomic E-state index is 0.0172. The first-order valence-corrected chi connectivity index (χ1v) is 9.81. The lowest BCUT2D eigenvalue weighted by Gasteiger charge is -2.32. The second-order valence-electron chi connectivity index (χ2n) is 7.17. The highest BCUT2D eigenvalue weighted by molar-refractivity contribution is 6.32. The summed E-state index contributed by atoms with van der Waals surface area (Å²) >= 11 is 6.03. The van der Waals surface area contributed by atoms with Crippen LogP contribution in [0.15, 0.2) is 36.4 Å². The van der Waals surface area contributed by atoms with Gasteiger partial charge in [-0.15, -0.1) is 0 Å². The Balaban J connectivity index is 1.32. The monoisotopic (exact) mass is 418 g/mol. The number of halogens is 2. The van der Waals surface area contributed by atoms with Crippen molar-refractivity contribution in [2.45, 2.75) is 12.8 Å². The van der Waals surface area contributed by atoms with Gasteiger partial charge in [0.15, 0.2) is 6.61 Å². The van der Waals surface area contributed by atoms with E-state index in [4.69, 9.17) is 21.1 Å². The normalized spacial score (nSPS) is 16.6. The number of fused-ring (bicyclic) bond motifs is 1. The van der Waals surface area contributed by atoms with E-state index in [-0.39, 0.29) is 24.3 Å². The molecule has 2 aliphatic heterocycles. The molecular formula is C21H20ClFN2O4. The lowest BCUT2D eigenvalue weighted by molar-refractivity contribution is -0.118. The summed E-state index contributed by atoms with van der Waals surface area (Å²) in [6.45, 7) is 1.61. The fourth-order valence-electron chi connectivity index (χ4n) is 3.50. The summed E-state index contributed by atoms with van der Waals surface area (Å²) in [5.74, 6) is 0.448. The van der Waals surface area contributed by atoms with Crippen molar-refractivity contribution >= 4 is 29.1 Å². The van der Waals surface area contributed by atoms with Crippen molar-refractivity contribution in [3.05, 3.63) is 52.8 Å². The Hall–Kier alpha value is -2.80. The third kappa shape index (κ3) is 4.45. The van der Waals surface area contributed by atoms with Crippen molar-refractivity contribution in [3.63, 3.8) is 0 Å². The number of nitrogens with one attached hydrogen (secondary N) is 1. The zero-order valence-electron chi connectivity index (χ0n) is 15.6. The average molecular weight is 419 g/mol. The fourth-order valence-corrected chi connectivity index (χ4v) is 3.67. The second kappa shape index (κ2) is 8.29. The van der Waals surface area contributed by atoms with Gasteiger partial charge >= 0.3 is 0 Å². The number of carbonyl (C=O) groups excluding carboxylic acids is 2. The lowest BCUT2D eigenvalue weighted by atomic mass is 9.97. The Morgan fingerprint density at radius 1 is 1.24 bits per heavy atom. The van der Waals surface area contributed by atoms with Crippen LogP contribution < -0.4 is 14.8 Å². The maximum Gasteiger partial charge on any atom is 0.262 e. The molecule has 2 heterocycles. The highest BCUT2D eigenvalue weighted by atomic mass is 35.5. The molecule has 0 atom stereocenters. The van der Waals surface area contributed by atoms with Crippen LogP contribution in [0.5, 0.6) is 11.5 Å². The van der Waals surface area contributed by atoms with E-state index in [9.17, 15) is 14.0 Å². The van der Waals surface area contributed by atoms with Crippen molar-refractivity contribution in [1.82, 2.24) is 4.90 Å². The second-order valence-corrected chi connectivity index (χ2v) is 7.58. The molecule has 0 aromatic heterocycles. The minimum atomic E-state index is -0.392. The first kappa shape index (κ1) is 19.5. The summed E-state index contributed by atoms with van der Waals surface area (Å²) in [5, 5.41) is 3.09. The Bertz CT molecular complexity index is 944. The van der Waals surface area contributed by atoms with Crippen molar-refractivity contribution in [3.8, 4) is 11.5 Å². The third-order valence-corrected chi connectivity index (χ3v) is 5.44. The summed E-state index contributed by atoms with van der Waals surface area (Å²) in [7, 11) is 0. The molecule has 0 bridgehead atoms. The number of likely N-dealkylation sites (tertiary alicyclic amines) is 1. The predicted molar refractivity (Wildman–Crippen MR) is 106 cm³/mol. The molecule has 0 saturated carbocycles. The topological polar surface area (TPSA) is 67.9 Å². The Morgan fingerprint density at radius 3 is 2.83 bits per heavy atom. The van der Waals surface area contributed by atoms with Crippen LogP contribution in [0.25, 0.3) is 0 Å². The van der Waals surface area contributed by atoms with Gasteiger partial charge in [0, 0.05) is 24.7 Å². The van der Waals surface area contributed by atoms with Crippen LogP contribution >= 0.6 is 11.6 Å². The molecule has 1 N–H and O–H groups in total. The van der Waals surface area contributed by atoms with Gasteiger partial charge in [0.2, 0.25) is 0 Å². The number of benzene rings is 2. The number of piperidine rings is 1. The van der Waals surface area contributed by atoms with Gasteiger partial charge in [-0.25, -0.2) is 4.39 Å². The largest absolute Gasteiger partial charge is 0.492 e. The molecule has 2 amide bonds. The van der Waals surface area contributed by atoms with E-state index >= 15 is 0 Å². The molecule has 1 fully saturated rings. The van der Waals surface area contributed by atoms with Crippen LogP contribution in [0, 0.1) is 11.7 Å². The molecule has 152 valence electrons. The molecule has 0 aliphatic carbocycles. The molecule has 6 nitrogen and oxygen atoms in total. The average Bonchev–Trinajstić information content (AvgIpc) is 2.73. The van der Waals surface area contributed by atoms with Crippen LogP contribution in [0.2, 0.25) is 5.02 Å². The number of hydrogen-bond donors (Lipinski definition) is 1. The quantitative estimate of drug-likeness (QED) is 0.821. The molecule has 1 saturated heterocycles. The first-order valence-electron chi connectivity index (χ1n) is 9.43. The molecule has 29 heavy (non-hydrogen) atoms. The molecule has 2 aliphatic rings. The number of nitrogens with zero attached hydrogens (tertiary/aromatic N) is 1. The van der Waals surface area contributed by atoms with E-state index in [1.165, 1.54) is 18.2 Å². The van der Waals surface area contributed by atoms with Crippen LogP contribution in [0.3, 0.4) is 0 Å². The number of rotatable bonds is 4. The van der Waals surface area contributed by atoms with Crippen molar-refractivity contribution in [2.24, 2.45) is 5.92 Å². The maximum absolute atomic E-state index is 13.3. The van der Waals surface area contributed by atoms with Gasteiger partial charge in [-0.05, 0) is 49.1 Å². The zero-order valence-corrected chi connectivity index (χ0v) is 16.4. The molecule has 8 heteroatoms. The van der Waals surface area contributed by atoms with E-state index < -0.39 is 5.82 Å². The molecule has 4 rings (SSSR count). The minimum Gasteiger partial charge on any atom is -0.492 e. The summed E-state index contributed by atoms with van der Waals surface area (Å²) < 4.78 is 24.3. The summed E-state index contributed by atoms with van der Waals surface area (Å²) in [6.07, 6.45) is 1.56. The third-order valence-electron chi connectivity index (χ3n) is 5.13. The van der Waals surface area contributed by atoms with E-state index in [1.54, 1.807) is 23.1 Å². The van der Waals surface area contributed by atoms with Crippen molar-refractivity contribution < 1.29 is 23.5 Å².